The Morgan fingerprint density at radius 3 is 3.06 bits per heavy atom. The van der Waals surface area contributed by atoms with Crippen molar-refractivity contribution in [3.8, 4) is 0 Å². The van der Waals surface area contributed by atoms with Crippen LogP contribution in [-0.4, -0.2) is 14.8 Å². The second kappa shape index (κ2) is 3.84. The van der Waals surface area contributed by atoms with E-state index < -0.39 is 0 Å². The maximum atomic E-state index is 12.6. The first-order valence-electron chi connectivity index (χ1n) is 6.46. The van der Waals surface area contributed by atoms with E-state index in [0.717, 1.165) is 34.8 Å². The van der Waals surface area contributed by atoms with Gasteiger partial charge in [0, 0.05) is 16.7 Å². The first-order valence-corrected chi connectivity index (χ1v) is 8.15. The van der Waals surface area contributed by atoms with Crippen LogP contribution in [0.3, 0.4) is 0 Å². The minimum Gasteiger partial charge on any atom is -0.286 e. The summed E-state index contributed by atoms with van der Waals surface area (Å²) in [4.78, 5) is 19.7. The molecule has 1 aliphatic heterocycles. The minimum atomic E-state index is 0.200. The van der Waals surface area contributed by atoms with Gasteiger partial charge in [0.25, 0.3) is 5.56 Å². The lowest BCUT2D eigenvalue weighted by Gasteiger charge is -2.10. The molecule has 0 bridgehead atoms. The Bertz CT molecular complexity index is 701. The van der Waals surface area contributed by atoms with Crippen molar-refractivity contribution < 1.29 is 0 Å². The highest BCUT2D eigenvalue weighted by molar-refractivity contribution is 7.99. The van der Waals surface area contributed by atoms with Gasteiger partial charge >= 0.3 is 0 Å². The second-order valence-corrected chi connectivity index (χ2v) is 7.62. The first-order chi connectivity index (χ1) is 8.74. The van der Waals surface area contributed by atoms with Crippen LogP contribution in [0.15, 0.2) is 9.95 Å². The van der Waals surface area contributed by atoms with Gasteiger partial charge < -0.3 is 0 Å². The van der Waals surface area contributed by atoms with E-state index in [0.29, 0.717) is 5.25 Å². The smallest absolute Gasteiger partial charge is 0.263 e. The number of fused-ring (bicyclic) bond motifs is 4. The molecule has 0 spiro atoms. The summed E-state index contributed by atoms with van der Waals surface area (Å²) in [6, 6.07) is 0. The minimum absolute atomic E-state index is 0.200. The standard InChI is InChI=1S/C13H14N2OS2/c1-7-6-15-12(16)10-8-4-2-3-5-9(8)18-11(10)14-13(15)17-7/h7H,2-6H2,1H3/t7-/m0/s1. The van der Waals surface area contributed by atoms with Crippen molar-refractivity contribution in [1.29, 1.82) is 0 Å². The Morgan fingerprint density at radius 2 is 2.17 bits per heavy atom. The highest BCUT2D eigenvalue weighted by Crippen LogP contribution is 2.36. The van der Waals surface area contributed by atoms with Gasteiger partial charge in [0.1, 0.15) is 4.83 Å². The van der Waals surface area contributed by atoms with E-state index in [4.69, 9.17) is 4.98 Å². The second-order valence-electron chi connectivity index (χ2n) is 5.13. The van der Waals surface area contributed by atoms with Crippen LogP contribution < -0.4 is 5.56 Å². The zero-order chi connectivity index (χ0) is 12.3. The van der Waals surface area contributed by atoms with E-state index in [1.807, 2.05) is 4.57 Å². The van der Waals surface area contributed by atoms with E-state index in [1.54, 1.807) is 23.1 Å². The van der Waals surface area contributed by atoms with Gasteiger partial charge in [-0.3, -0.25) is 9.36 Å². The van der Waals surface area contributed by atoms with Crippen LogP contribution in [0.5, 0.6) is 0 Å². The normalized spacial score (nSPS) is 22.2. The van der Waals surface area contributed by atoms with E-state index in [2.05, 4.69) is 6.92 Å². The average molecular weight is 278 g/mol. The first kappa shape index (κ1) is 11.1. The highest BCUT2D eigenvalue weighted by atomic mass is 32.2. The van der Waals surface area contributed by atoms with Crippen molar-refractivity contribution in [3.63, 3.8) is 0 Å². The average Bonchev–Trinajstić information content (AvgIpc) is 2.89. The van der Waals surface area contributed by atoms with Gasteiger partial charge in [-0.2, -0.15) is 0 Å². The van der Waals surface area contributed by atoms with Gasteiger partial charge in [0.05, 0.1) is 5.39 Å². The number of hydrogen-bond acceptors (Lipinski definition) is 4. The molecule has 0 unspecified atom stereocenters. The lowest BCUT2D eigenvalue weighted by molar-refractivity contribution is 0.628. The molecule has 2 aromatic rings. The largest absolute Gasteiger partial charge is 0.286 e. The van der Waals surface area contributed by atoms with Crippen molar-refractivity contribution in [2.75, 3.05) is 0 Å². The summed E-state index contributed by atoms with van der Waals surface area (Å²) in [5.41, 5.74) is 1.50. The fraction of sp³-hybridized carbons (Fsp3) is 0.538. The molecule has 0 fully saturated rings. The third-order valence-corrected chi connectivity index (χ3v) is 6.05. The summed E-state index contributed by atoms with van der Waals surface area (Å²) in [5.74, 6) is 0. The molecule has 0 amide bonds. The topological polar surface area (TPSA) is 34.9 Å². The fourth-order valence-corrected chi connectivity index (χ4v) is 5.27. The molecular weight excluding hydrogens is 264 g/mol. The number of thioether (sulfide) groups is 1. The molecule has 2 aromatic heterocycles. The molecule has 18 heavy (non-hydrogen) atoms. The quantitative estimate of drug-likeness (QED) is 0.695. The summed E-state index contributed by atoms with van der Waals surface area (Å²) in [7, 11) is 0. The van der Waals surface area contributed by atoms with Crippen LogP contribution in [0.1, 0.15) is 30.2 Å². The molecule has 4 rings (SSSR count). The fourth-order valence-electron chi connectivity index (χ4n) is 2.95. The summed E-state index contributed by atoms with van der Waals surface area (Å²) < 4.78 is 1.87. The molecule has 0 saturated carbocycles. The third-order valence-electron chi connectivity index (χ3n) is 3.79. The van der Waals surface area contributed by atoms with E-state index in [-0.39, 0.29) is 5.56 Å². The Balaban J connectivity index is 2.06. The molecule has 1 aliphatic carbocycles. The predicted octanol–water partition coefficient (Wildman–Crippen LogP) is 2.83. The Labute approximate surface area is 113 Å². The van der Waals surface area contributed by atoms with Crippen LogP contribution in [0, 0.1) is 0 Å². The molecule has 2 aliphatic rings. The molecule has 94 valence electrons. The Morgan fingerprint density at radius 1 is 1.33 bits per heavy atom. The van der Waals surface area contributed by atoms with Crippen molar-refractivity contribution in [2.24, 2.45) is 0 Å². The van der Waals surface area contributed by atoms with Gasteiger partial charge in [0.2, 0.25) is 0 Å². The summed E-state index contributed by atoms with van der Waals surface area (Å²) >= 11 is 3.47. The van der Waals surface area contributed by atoms with Crippen molar-refractivity contribution in [2.45, 2.75) is 49.6 Å². The van der Waals surface area contributed by atoms with Gasteiger partial charge in [0.15, 0.2) is 5.16 Å². The highest BCUT2D eigenvalue weighted by Gasteiger charge is 2.26. The summed E-state index contributed by atoms with van der Waals surface area (Å²) in [5, 5.41) is 2.31. The maximum Gasteiger partial charge on any atom is 0.263 e. The van der Waals surface area contributed by atoms with Gasteiger partial charge in [-0.1, -0.05) is 18.7 Å². The molecule has 0 N–H and O–H groups in total. The number of rotatable bonds is 0. The lowest BCUT2D eigenvalue weighted by atomic mass is 9.97. The predicted molar refractivity (Wildman–Crippen MR) is 75.8 cm³/mol. The van der Waals surface area contributed by atoms with Crippen LogP contribution in [0.2, 0.25) is 0 Å². The maximum absolute atomic E-state index is 12.6. The molecular formula is C13H14N2OS2. The number of aromatic nitrogens is 2. The van der Waals surface area contributed by atoms with E-state index >= 15 is 0 Å². The monoisotopic (exact) mass is 278 g/mol. The van der Waals surface area contributed by atoms with E-state index in [9.17, 15) is 4.79 Å². The number of thiophene rings is 1. The molecule has 0 radical (unpaired) electrons. The van der Waals surface area contributed by atoms with Crippen molar-refractivity contribution >= 4 is 33.3 Å². The molecule has 3 heterocycles. The Kier molecular flexibility index (Phi) is 2.36. The third kappa shape index (κ3) is 1.43. The Hall–Kier alpha value is -0.810. The summed E-state index contributed by atoms with van der Waals surface area (Å²) in [6.45, 7) is 2.97. The zero-order valence-electron chi connectivity index (χ0n) is 10.2. The molecule has 0 saturated heterocycles. The number of aryl methyl sites for hydroxylation is 2. The lowest BCUT2D eigenvalue weighted by Crippen LogP contribution is -2.21. The van der Waals surface area contributed by atoms with Crippen LogP contribution in [0.25, 0.3) is 10.2 Å². The summed E-state index contributed by atoms with van der Waals surface area (Å²) in [6.07, 6.45) is 4.67. The van der Waals surface area contributed by atoms with Gasteiger partial charge in [-0.25, -0.2) is 4.98 Å². The van der Waals surface area contributed by atoms with Crippen molar-refractivity contribution in [3.05, 3.63) is 20.8 Å². The van der Waals surface area contributed by atoms with Crippen LogP contribution in [0.4, 0.5) is 0 Å². The molecule has 0 aromatic carbocycles. The van der Waals surface area contributed by atoms with Gasteiger partial charge in [-0.05, 0) is 31.2 Å². The number of hydrogen-bond donors (Lipinski definition) is 0. The zero-order valence-corrected chi connectivity index (χ0v) is 11.9. The van der Waals surface area contributed by atoms with Crippen molar-refractivity contribution in [1.82, 2.24) is 9.55 Å². The van der Waals surface area contributed by atoms with Crippen LogP contribution >= 0.6 is 23.1 Å². The molecule has 3 nitrogen and oxygen atoms in total. The van der Waals surface area contributed by atoms with Gasteiger partial charge in [-0.15, -0.1) is 11.3 Å². The number of nitrogens with zero attached hydrogens (tertiary/aromatic N) is 2. The van der Waals surface area contributed by atoms with Crippen LogP contribution in [-0.2, 0) is 19.4 Å². The molecule has 1 atom stereocenters. The molecule has 5 heteroatoms. The van der Waals surface area contributed by atoms with E-state index in [1.165, 1.54) is 23.3 Å². The SMILES string of the molecule is C[C@H]1Cn2c(nc3sc4c(c3c2=O)CCCC4)S1.